The monoisotopic (exact) mass is 911 g/mol. The Balaban J connectivity index is 5.45. The fourth-order valence-electron chi connectivity index (χ4n) is 7.69. The number of unbranched alkanes of at least 4 members (excludes halogenated alkanes) is 30. The largest absolute Gasteiger partial charge is 0.756 e. The molecule has 63 heavy (non-hydrogen) atoms. The van der Waals surface area contributed by atoms with E-state index in [9.17, 15) is 19.0 Å². The van der Waals surface area contributed by atoms with Crippen molar-refractivity contribution in [2.75, 3.05) is 40.9 Å². The summed E-state index contributed by atoms with van der Waals surface area (Å²) in [5.41, 5.74) is 0. The molecule has 0 heterocycles. The molecule has 0 radical (unpaired) electrons. The molecule has 372 valence electrons. The van der Waals surface area contributed by atoms with E-state index in [-0.39, 0.29) is 31.5 Å². The first-order chi connectivity index (χ1) is 30.4. The fourth-order valence-corrected chi connectivity index (χ4v) is 8.42. The van der Waals surface area contributed by atoms with Crippen molar-refractivity contribution in [2.45, 2.75) is 264 Å². The van der Waals surface area contributed by atoms with Crippen molar-refractivity contribution in [2.24, 2.45) is 0 Å². The molecule has 3 unspecified atom stereocenters. The molecule has 3 atom stereocenters. The van der Waals surface area contributed by atoms with Crippen molar-refractivity contribution in [3.63, 3.8) is 0 Å². The van der Waals surface area contributed by atoms with Gasteiger partial charge < -0.3 is 28.5 Å². The van der Waals surface area contributed by atoms with E-state index >= 15 is 0 Å². The lowest BCUT2D eigenvalue weighted by molar-refractivity contribution is -0.870. The second-order valence-corrected chi connectivity index (χ2v) is 20.8. The number of esters is 1. The lowest BCUT2D eigenvalue weighted by Crippen LogP contribution is -2.47. The van der Waals surface area contributed by atoms with Crippen LogP contribution in [0.15, 0.2) is 24.3 Å². The van der Waals surface area contributed by atoms with E-state index in [0.717, 1.165) is 64.2 Å². The highest BCUT2D eigenvalue weighted by Gasteiger charge is 2.27. The van der Waals surface area contributed by atoms with Gasteiger partial charge in [0.05, 0.1) is 33.8 Å². The molecular weight excluding hydrogens is 808 g/mol. The number of nitrogens with zero attached hydrogens (tertiary/aromatic N) is 1. The van der Waals surface area contributed by atoms with Crippen molar-refractivity contribution < 1.29 is 37.3 Å². The highest BCUT2D eigenvalue weighted by molar-refractivity contribution is 7.45. The van der Waals surface area contributed by atoms with E-state index in [1.807, 2.05) is 33.3 Å². The van der Waals surface area contributed by atoms with Crippen LogP contribution in [0.3, 0.4) is 0 Å². The molecule has 0 aliphatic heterocycles. The van der Waals surface area contributed by atoms with Crippen LogP contribution in [-0.2, 0) is 27.9 Å². The molecule has 0 bridgehead atoms. The van der Waals surface area contributed by atoms with Gasteiger partial charge >= 0.3 is 5.97 Å². The Kier molecular flexibility index (Phi) is 43.3. The number of carbonyl (C=O) groups is 2. The van der Waals surface area contributed by atoms with Gasteiger partial charge in [-0.15, -0.1) is 0 Å². The van der Waals surface area contributed by atoms with Crippen LogP contribution < -0.4 is 10.2 Å². The maximum atomic E-state index is 13.4. The van der Waals surface area contributed by atoms with E-state index in [4.69, 9.17) is 13.8 Å². The molecule has 0 aliphatic carbocycles. The molecule has 0 aromatic carbocycles. The van der Waals surface area contributed by atoms with Crippen molar-refractivity contribution in [1.29, 1.82) is 0 Å². The molecule has 10 heteroatoms. The summed E-state index contributed by atoms with van der Waals surface area (Å²) in [7, 11) is 1.19. The normalized spacial score (nSPS) is 14.1. The lowest BCUT2D eigenvalue weighted by Gasteiger charge is -2.30. The topological polar surface area (TPSA) is 114 Å². The smallest absolute Gasteiger partial charge is 0.306 e. The van der Waals surface area contributed by atoms with Crippen LogP contribution in [0.4, 0.5) is 0 Å². The highest BCUT2D eigenvalue weighted by atomic mass is 31.2. The summed E-state index contributed by atoms with van der Waals surface area (Å²) in [5, 5.41) is 3.01. The third kappa shape index (κ3) is 45.4. The summed E-state index contributed by atoms with van der Waals surface area (Å²) in [6.07, 6.45) is 48.5. The number of phosphoric acid groups is 1. The molecule has 1 amide bonds. The summed E-state index contributed by atoms with van der Waals surface area (Å²) in [6.45, 7) is 6.82. The third-order valence-electron chi connectivity index (χ3n) is 11.9. The molecule has 0 aliphatic rings. The van der Waals surface area contributed by atoms with Crippen molar-refractivity contribution in [3.8, 4) is 0 Å². The summed E-state index contributed by atoms with van der Waals surface area (Å²) in [4.78, 5) is 39.6. The number of hydrogen-bond acceptors (Lipinski definition) is 7. The average molecular weight is 911 g/mol. The van der Waals surface area contributed by atoms with Crippen molar-refractivity contribution >= 4 is 19.7 Å². The molecule has 9 nitrogen and oxygen atoms in total. The number of carbonyl (C=O) groups excluding carboxylic acids is 2. The zero-order valence-electron chi connectivity index (χ0n) is 42.3. The standard InChI is InChI=1S/C53H103N2O7P/c1-7-10-13-16-19-22-25-27-30-32-35-38-41-44-51(62-53(57)46-43-40-37-34-31-28-26-23-20-17-14-11-8-2)50(49-61-63(58,59)60-48-47-55(4,5)6)54-52(56)45-42-39-36-33-29-24-21-18-15-12-9-3/h28,31,41,44,50-51H,7-27,29-30,32-40,42-43,45-49H2,1-6H3,(H-,54,56,58,59)/b31-28-,44-41+. The van der Waals surface area contributed by atoms with Gasteiger partial charge in [0.1, 0.15) is 19.3 Å². The van der Waals surface area contributed by atoms with E-state index in [0.29, 0.717) is 23.9 Å². The molecule has 0 rings (SSSR count). The SMILES string of the molecule is CCCCCCCC/C=C\CCCCCC(=O)OC(/C=C/CCCCCCCCCCCCC)C(COP(=O)([O-])OCC[N+](C)(C)C)NC(=O)CCCCCCCCCCCCC. The molecule has 0 spiro atoms. The molecule has 0 fully saturated rings. The number of allylic oxidation sites excluding steroid dienone is 3. The first kappa shape index (κ1) is 61.5. The molecule has 0 aromatic heterocycles. The average Bonchev–Trinajstić information content (AvgIpc) is 3.23. The first-order valence-corrected chi connectivity index (χ1v) is 28.1. The van der Waals surface area contributed by atoms with Gasteiger partial charge in [-0.05, 0) is 57.4 Å². The van der Waals surface area contributed by atoms with Crippen LogP contribution in [0.2, 0.25) is 0 Å². The zero-order valence-corrected chi connectivity index (χ0v) is 43.2. The second-order valence-electron chi connectivity index (χ2n) is 19.4. The number of likely N-dealkylation sites (N-methyl/N-ethyl adjacent to an activating group) is 1. The Bertz CT molecular complexity index is 1140. The maximum Gasteiger partial charge on any atom is 0.306 e. The first-order valence-electron chi connectivity index (χ1n) is 26.6. The van der Waals surface area contributed by atoms with Crippen LogP contribution in [-0.4, -0.2) is 69.4 Å². The number of quaternary nitrogens is 1. The minimum Gasteiger partial charge on any atom is -0.756 e. The molecule has 1 N–H and O–H groups in total. The van der Waals surface area contributed by atoms with Crippen LogP contribution in [0.25, 0.3) is 0 Å². The summed E-state index contributed by atoms with van der Waals surface area (Å²) in [6, 6.07) is -0.885. The predicted molar refractivity (Wildman–Crippen MR) is 266 cm³/mol. The van der Waals surface area contributed by atoms with Crippen LogP contribution in [0, 0.1) is 0 Å². The summed E-state index contributed by atoms with van der Waals surface area (Å²) >= 11 is 0. The van der Waals surface area contributed by atoms with Gasteiger partial charge in [0.2, 0.25) is 5.91 Å². The van der Waals surface area contributed by atoms with E-state index in [1.165, 1.54) is 148 Å². The summed E-state index contributed by atoms with van der Waals surface area (Å²) in [5.74, 6) is -0.553. The maximum absolute atomic E-state index is 13.4. The lowest BCUT2D eigenvalue weighted by atomic mass is 10.0. The fraction of sp³-hybridized carbons (Fsp3) is 0.887. The van der Waals surface area contributed by atoms with Crippen molar-refractivity contribution in [1.82, 2.24) is 5.32 Å². The summed E-state index contributed by atoms with van der Waals surface area (Å²) < 4.78 is 30.1. The van der Waals surface area contributed by atoms with Crippen LogP contribution in [0.5, 0.6) is 0 Å². The van der Waals surface area contributed by atoms with Gasteiger partial charge in [-0.2, -0.15) is 0 Å². The zero-order chi connectivity index (χ0) is 46.5. The number of hydrogen-bond donors (Lipinski definition) is 1. The van der Waals surface area contributed by atoms with Gasteiger partial charge in [-0.1, -0.05) is 206 Å². The third-order valence-corrected chi connectivity index (χ3v) is 12.8. The minimum atomic E-state index is -4.68. The number of phosphoric ester groups is 1. The Morgan fingerprint density at radius 1 is 0.540 bits per heavy atom. The Hall–Kier alpha value is -1.51. The van der Waals surface area contributed by atoms with Gasteiger partial charge in [0.25, 0.3) is 7.82 Å². The Labute approximate surface area is 390 Å². The van der Waals surface area contributed by atoms with Gasteiger partial charge in [-0.3, -0.25) is 14.2 Å². The Morgan fingerprint density at radius 2 is 0.921 bits per heavy atom. The van der Waals surface area contributed by atoms with E-state index in [2.05, 4.69) is 38.2 Å². The number of rotatable bonds is 48. The van der Waals surface area contributed by atoms with E-state index in [1.54, 1.807) is 0 Å². The minimum absolute atomic E-state index is 0.0215. The number of ether oxygens (including phenoxy) is 1. The number of amides is 1. The quantitative estimate of drug-likeness (QED) is 0.0213. The molecule has 0 saturated heterocycles. The van der Waals surface area contributed by atoms with Crippen LogP contribution >= 0.6 is 7.82 Å². The Morgan fingerprint density at radius 3 is 1.37 bits per heavy atom. The van der Waals surface area contributed by atoms with Crippen LogP contribution in [0.1, 0.15) is 252 Å². The predicted octanol–water partition coefficient (Wildman–Crippen LogP) is 14.8. The highest BCUT2D eigenvalue weighted by Crippen LogP contribution is 2.38. The van der Waals surface area contributed by atoms with Crippen molar-refractivity contribution in [3.05, 3.63) is 24.3 Å². The van der Waals surface area contributed by atoms with E-state index < -0.39 is 20.0 Å². The molecular formula is C53H103N2O7P. The molecule has 0 aromatic rings. The van der Waals surface area contributed by atoms with Gasteiger partial charge in [0, 0.05) is 12.8 Å². The second kappa shape index (κ2) is 44.3. The van der Waals surface area contributed by atoms with Gasteiger partial charge in [-0.25, -0.2) is 0 Å². The molecule has 0 saturated carbocycles. The van der Waals surface area contributed by atoms with Gasteiger partial charge in [0.15, 0.2) is 0 Å². The number of nitrogens with one attached hydrogen (secondary N) is 1.